The van der Waals surface area contributed by atoms with E-state index < -0.39 is 0 Å². The quantitative estimate of drug-likeness (QED) is 0.712. The zero-order valence-electron chi connectivity index (χ0n) is 10.7. The molecule has 0 aliphatic heterocycles. The van der Waals surface area contributed by atoms with Crippen LogP contribution in [0.5, 0.6) is 5.75 Å². The van der Waals surface area contributed by atoms with Crippen LogP contribution >= 0.6 is 15.9 Å². The Morgan fingerprint density at radius 3 is 2.84 bits per heavy atom. The van der Waals surface area contributed by atoms with E-state index in [1.165, 1.54) is 0 Å². The molecule has 0 aliphatic carbocycles. The van der Waals surface area contributed by atoms with Crippen LogP contribution in [-0.2, 0) is 0 Å². The number of ether oxygens (including phenoxy) is 1. The molecule has 0 saturated heterocycles. The van der Waals surface area contributed by atoms with Gasteiger partial charge in [0.25, 0.3) is 0 Å². The van der Waals surface area contributed by atoms with Crippen LogP contribution in [0.3, 0.4) is 0 Å². The number of fused-ring (bicyclic) bond motifs is 1. The Bertz CT molecular complexity index is 749. The molecule has 3 aromatic rings. The van der Waals surface area contributed by atoms with Crippen molar-refractivity contribution in [1.82, 2.24) is 9.38 Å². The van der Waals surface area contributed by atoms with E-state index in [9.17, 15) is 0 Å². The molecule has 0 saturated carbocycles. The van der Waals surface area contributed by atoms with Crippen molar-refractivity contribution >= 4 is 21.6 Å². The Kier molecular flexibility index (Phi) is 3.03. The summed E-state index contributed by atoms with van der Waals surface area (Å²) in [6.07, 6.45) is 2.05. The second kappa shape index (κ2) is 4.70. The Hall–Kier alpha value is -1.81. The first kappa shape index (κ1) is 12.2. The highest BCUT2D eigenvalue weighted by molar-refractivity contribution is 9.10. The van der Waals surface area contributed by atoms with Gasteiger partial charge in [-0.3, -0.25) is 0 Å². The van der Waals surface area contributed by atoms with Crippen molar-refractivity contribution in [2.45, 2.75) is 6.92 Å². The van der Waals surface area contributed by atoms with E-state index in [0.717, 1.165) is 32.8 Å². The van der Waals surface area contributed by atoms with Gasteiger partial charge < -0.3 is 9.14 Å². The molecule has 0 fully saturated rings. The smallest absolute Gasteiger partial charge is 0.137 e. The molecule has 0 bridgehead atoms. The highest BCUT2D eigenvalue weighted by Crippen LogP contribution is 2.25. The predicted octanol–water partition coefficient (Wildman–Crippen LogP) is 4.08. The number of hydrogen-bond acceptors (Lipinski definition) is 2. The lowest BCUT2D eigenvalue weighted by Crippen LogP contribution is -1.89. The van der Waals surface area contributed by atoms with Gasteiger partial charge in [0, 0.05) is 21.9 Å². The Labute approximate surface area is 120 Å². The van der Waals surface area contributed by atoms with Crippen LogP contribution in [0.4, 0.5) is 0 Å². The van der Waals surface area contributed by atoms with Gasteiger partial charge >= 0.3 is 0 Å². The number of benzene rings is 1. The summed E-state index contributed by atoms with van der Waals surface area (Å²) in [7, 11) is 1.67. The van der Waals surface area contributed by atoms with Crippen LogP contribution in [0.25, 0.3) is 16.9 Å². The van der Waals surface area contributed by atoms with Crippen molar-refractivity contribution in [3.63, 3.8) is 0 Å². The van der Waals surface area contributed by atoms with Gasteiger partial charge in [-0.2, -0.15) is 0 Å². The summed E-state index contributed by atoms with van der Waals surface area (Å²) in [5, 5.41) is 0. The maximum absolute atomic E-state index is 5.25. The van der Waals surface area contributed by atoms with Gasteiger partial charge in [0.05, 0.1) is 12.8 Å². The first-order chi connectivity index (χ1) is 9.19. The largest absolute Gasteiger partial charge is 0.497 e. The average Bonchev–Trinajstić information content (AvgIpc) is 2.88. The molecule has 0 atom stereocenters. The molecule has 0 spiro atoms. The molecule has 2 aromatic heterocycles. The molecule has 0 radical (unpaired) electrons. The average molecular weight is 317 g/mol. The second-order valence-electron chi connectivity index (χ2n) is 4.35. The van der Waals surface area contributed by atoms with Gasteiger partial charge in [-0.25, -0.2) is 4.98 Å². The fourth-order valence-corrected chi connectivity index (χ4v) is 2.41. The molecular weight excluding hydrogens is 304 g/mol. The number of halogens is 1. The topological polar surface area (TPSA) is 26.5 Å². The van der Waals surface area contributed by atoms with Crippen molar-refractivity contribution in [3.05, 3.63) is 52.8 Å². The summed E-state index contributed by atoms with van der Waals surface area (Å²) in [6.45, 7) is 2.06. The minimum Gasteiger partial charge on any atom is -0.497 e. The lowest BCUT2D eigenvalue weighted by molar-refractivity contribution is 0.415. The Morgan fingerprint density at radius 2 is 2.05 bits per heavy atom. The number of hydrogen-bond donors (Lipinski definition) is 0. The SMILES string of the molecule is COc1cccc(-c2cn3c(C)c(Br)ccc3n2)c1. The van der Waals surface area contributed by atoms with Crippen LogP contribution in [0.2, 0.25) is 0 Å². The van der Waals surface area contributed by atoms with E-state index >= 15 is 0 Å². The van der Waals surface area contributed by atoms with Crippen LogP contribution in [-0.4, -0.2) is 16.5 Å². The van der Waals surface area contributed by atoms with Crippen molar-refractivity contribution < 1.29 is 4.74 Å². The Morgan fingerprint density at radius 1 is 1.21 bits per heavy atom. The number of nitrogens with zero attached hydrogens (tertiary/aromatic N) is 2. The van der Waals surface area contributed by atoms with E-state index in [0.29, 0.717) is 0 Å². The molecule has 0 unspecified atom stereocenters. The monoisotopic (exact) mass is 316 g/mol. The molecule has 96 valence electrons. The number of methoxy groups -OCH3 is 1. The van der Waals surface area contributed by atoms with E-state index in [-0.39, 0.29) is 0 Å². The number of aromatic nitrogens is 2. The van der Waals surface area contributed by atoms with Gasteiger partial charge in [-0.1, -0.05) is 12.1 Å². The van der Waals surface area contributed by atoms with E-state index in [4.69, 9.17) is 4.74 Å². The second-order valence-corrected chi connectivity index (χ2v) is 5.21. The zero-order chi connectivity index (χ0) is 13.4. The number of pyridine rings is 1. The molecule has 0 amide bonds. The lowest BCUT2D eigenvalue weighted by Gasteiger charge is -2.01. The zero-order valence-corrected chi connectivity index (χ0v) is 12.3. The molecule has 3 nitrogen and oxygen atoms in total. The van der Waals surface area contributed by atoms with Crippen molar-refractivity contribution in [2.75, 3.05) is 7.11 Å². The molecule has 4 heteroatoms. The van der Waals surface area contributed by atoms with E-state index in [1.54, 1.807) is 7.11 Å². The standard InChI is InChI=1S/C15H13BrN2O/c1-10-13(16)6-7-15-17-14(9-18(10)15)11-4-3-5-12(8-11)19-2/h3-9H,1-2H3. The summed E-state index contributed by atoms with van der Waals surface area (Å²) in [5.41, 5.74) is 4.08. The summed E-state index contributed by atoms with van der Waals surface area (Å²) in [6, 6.07) is 12.0. The predicted molar refractivity (Wildman–Crippen MR) is 79.6 cm³/mol. The molecule has 3 rings (SSSR count). The highest BCUT2D eigenvalue weighted by Gasteiger charge is 2.08. The van der Waals surface area contributed by atoms with E-state index in [2.05, 4.69) is 32.2 Å². The number of imidazole rings is 1. The van der Waals surface area contributed by atoms with Crippen molar-refractivity contribution in [2.24, 2.45) is 0 Å². The highest BCUT2D eigenvalue weighted by atomic mass is 79.9. The van der Waals surface area contributed by atoms with Gasteiger partial charge in [0.15, 0.2) is 0 Å². The fraction of sp³-hybridized carbons (Fsp3) is 0.133. The summed E-state index contributed by atoms with van der Waals surface area (Å²) < 4.78 is 8.41. The van der Waals surface area contributed by atoms with Crippen LogP contribution in [0.1, 0.15) is 5.69 Å². The lowest BCUT2D eigenvalue weighted by atomic mass is 10.1. The third-order valence-electron chi connectivity index (χ3n) is 3.18. The van der Waals surface area contributed by atoms with Crippen LogP contribution < -0.4 is 4.74 Å². The number of rotatable bonds is 2. The molecular formula is C15H13BrN2O. The first-order valence-corrected chi connectivity index (χ1v) is 6.77. The third-order valence-corrected chi connectivity index (χ3v) is 4.02. The van der Waals surface area contributed by atoms with Crippen LogP contribution in [0.15, 0.2) is 47.1 Å². The Balaban J connectivity index is 2.17. The van der Waals surface area contributed by atoms with Crippen LogP contribution in [0, 0.1) is 6.92 Å². The third kappa shape index (κ3) is 2.12. The van der Waals surface area contributed by atoms with Gasteiger partial charge in [-0.15, -0.1) is 0 Å². The molecule has 1 aromatic carbocycles. The van der Waals surface area contributed by atoms with Crippen molar-refractivity contribution in [1.29, 1.82) is 0 Å². The molecule has 0 N–H and O–H groups in total. The summed E-state index contributed by atoms with van der Waals surface area (Å²) in [5.74, 6) is 0.840. The minimum absolute atomic E-state index is 0.840. The van der Waals surface area contributed by atoms with Gasteiger partial charge in [0.2, 0.25) is 0 Å². The van der Waals surface area contributed by atoms with Gasteiger partial charge in [-0.05, 0) is 47.1 Å². The van der Waals surface area contributed by atoms with Crippen molar-refractivity contribution in [3.8, 4) is 17.0 Å². The van der Waals surface area contributed by atoms with Gasteiger partial charge in [0.1, 0.15) is 11.4 Å². The first-order valence-electron chi connectivity index (χ1n) is 5.97. The normalized spacial score (nSPS) is 10.9. The van der Waals surface area contributed by atoms with E-state index in [1.807, 2.05) is 42.6 Å². The molecule has 0 aliphatic rings. The maximum atomic E-state index is 5.25. The fourth-order valence-electron chi connectivity index (χ4n) is 2.09. The molecule has 2 heterocycles. The molecule has 19 heavy (non-hydrogen) atoms. The number of aryl methyl sites for hydroxylation is 1. The maximum Gasteiger partial charge on any atom is 0.137 e. The summed E-state index contributed by atoms with van der Waals surface area (Å²) >= 11 is 3.54. The summed E-state index contributed by atoms with van der Waals surface area (Å²) in [4.78, 5) is 4.65. The minimum atomic E-state index is 0.840.